The summed E-state index contributed by atoms with van der Waals surface area (Å²) in [5.74, 6) is 0.542. The van der Waals surface area contributed by atoms with Crippen LogP contribution in [0.4, 0.5) is 0 Å². The smallest absolute Gasteiger partial charge is 0.0643 e. The Morgan fingerprint density at radius 3 is 2.68 bits per heavy atom. The molecule has 1 nitrogen and oxygen atoms in total. The average Bonchev–Trinajstić information content (AvgIpc) is 2.72. The number of rotatable bonds is 2. The van der Waals surface area contributed by atoms with E-state index in [2.05, 4.69) is 56.3 Å². The van der Waals surface area contributed by atoms with E-state index in [0.717, 1.165) is 13.0 Å². The van der Waals surface area contributed by atoms with Gasteiger partial charge in [0.1, 0.15) is 0 Å². The van der Waals surface area contributed by atoms with Crippen molar-refractivity contribution < 1.29 is 0 Å². The number of benzene rings is 2. The molecule has 0 aliphatic heterocycles. The molecule has 19 heavy (non-hydrogen) atoms. The van der Waals surface area contributed by atoms with Gasteiger partial charge in [0, 0.05) is 11.6 Å². The summed E-state index contributed by atoms with van der Waals surface area (Å²) >= 11 is 0. The van der Waals surface area contributed by atoms with E-state index in [9.17, 15) is 0 Å². The summed E-state index contributed by atoms with van der Waals surface area (Å²) < 4.78 is 0. The van der Waals surface area contributed by atoms with Crippen molar-refractivity contribution in [2.75, 3.05) is 0 Å². The number of hydrogen-bond acceptors (Lipinski definition) is 1. The molecule has 0 saturated heterocycles. The van der Waals surface area contributed by atoms with E-state index in [0.29, 0.717) is 5.92 Å². The van der Waals surface area contributed by atoms with Gasteiger partial charge in [-0.3, -0.25) is 4.99 Å². The zero-order valence-corrected chi connectivity index (χ0v) is 11.6. The van der Waals surface area contributed by atoms with Crippen LogP contribution in [-0.2, 0) is 13.0 Å². The maximum atomic E-state index is 4.86. The highest BCUT2D eigenvalue weighted by Crippen LogP contribution is 2.28. The summed E-state index contributed by atoms with van der Waals surface area (Å²) in [6, 6.07) is 17.2. The van der Waals surface area contributed by atoms with E-state index in [1.165, 1.54) is 28.0 Å². The fourth-order valence-corrected chi connectivity index (χ4v) is 2.83. The van der Waals surface area contributed by atoms with E-state index >= 15 is 0 Å². The fraction of sp³-hybridized carbons (Fsp3) is 0.278. The van der Waals surface area contributed by atoms with Crippen LogP contribution in [0.1, 0.15) is 29.2 Å². The van der Waals surface area contributed by atoms with Gasteiger partial charge in [-0.1, -0.05) is 61.0 Å². The molecule has 0 saturated carbocycles. The van der Waals surface area contributed by atoms with Gasteiger partial charge < -0.3 is 0 Å². The van der Waals surface area contributed by atoms with Crippen molar-refractivity contribution in [3.8, 4) is 0 Å². The molecule has 0 spiro atoms. The monoisotopic (exact) mass is 249 g/mol. The Balaban J connectivity index is 1.90. The second kappa shape index (κ2) is 5.00. The largest absolute Gasteiger partial charge is 0.284 e. The minimum absolute atomic E-state index is 0.542. The van der Waals surface area contributed by atoms with E-state index in [-0.39, 0.29) is 0 Å². The predicted molar refractivity (Wildman–Crippen MR) is 80.7 cm³/mol. The molecule has 3 rings (SSSR count). The van der Waals surface area contributed by atoms with Gasteiger partial charge in [-0.25, -0.2) is 0 Å². The molecule has 0 heterocycles. The lowest BCUT2D eigenvalue weighted by Gasteiger charge is -2.05. The molecule has 1 heteroatoms. The minimum Gasteiger partial charge on any atom is -0.284 e. The van der Waals surface area contributed by atoms with Crippen molar-refractivity contribution in [3.63, 3.8) is 0 Å². The third-order valence-corrected chi connectivity index (χ3v) is 3.80. The van der Waals surface area contributed by atoms with E-state index in [1.807, 2.05) is 6.07 Å². The van der Waals surface area contributed by atoms with Gasteiger partial charge in [0.2, 0.25) is 0 Å². The molecule has 0 bridgehead atoms. The molecular formula is C18H19N. The second-order valence-corrected chi connectivity index (χ2v) is 5.45. The lowest BCUT2D eigenvalue weighted by atomic mass is 10.1. The molecule has 1 atom stereocenters. The van der Waals surface area contributed by atoms with E-state index < -0.39 is 0 Å². The summed E-state index contributed by atoms with van der Waals surface area (Å²) in [6.45, 7) is 5.22. The maximum Gasteiger partial charge on any atom is 0.0643 e. The molecular weight excluding hydrogens is 230 g/mol. The van der Waals surface area contributed by atoms with Crippen LogP contribution in [0.5, 0.6) is 0 Å². The molecule has 1 aliphatic rings. The Bertz CT molecular complexity index is 611. The molecule has 0 aromatic heterocycles. The van der Waals surface area contributed by atoms with Gasteiger partial charge in [0.15, 0.2) is 0 Å². The molecule has 0 radical (unpaired) electrons. The highest BCUT2D eigenvalue weighted by molar-refractivity contribution is 6.06. The van der Waals surface area contributed by atoms with Gasteiger partial charge in [0.25, 0.3) is 0 Å². The number of fused-ring (bicyclic) bond motifs is 1. The quantitative estimate of drug-likeness (QED) is 0.757. The summed E-state index contributed by atoms with van der Waals surface area (Å²) in [5, 5.41) is 0. The molecule has 2 aromatic rings. The average molecular weight is 249 g/mol. The zero-order valence-electron chi connectivity index (χ0n) is 11.6. The van der Waals surface area contributed by atoms with Gasteiger partial charge in [-0.15, -0.1) is 0 Å². The summed E-state index contributed by atoms with van der Waals surface area (Å²) in [7, 11) is 0. The zero-order chi connectivity index (χ0) is 13.2. The lowest BCUT2D eigenvalue weighted by molar-refractivity contribution is 0.792. The SMILES string of the molecule is Cc1ccc2c(c1)CC(C)C2=NCc1ccccc1. The Morgan fingerprint density at radius 1 is 1.11 bits per heavy atom. The lowest BCUT2D eigenvalue weighted by Crippen LogP contribution is -2.06. The molecule has 1 unspecified atom stereocenters. The van der Waals surface area contributed by atoms with Crippen molar-refractivity contribution in [1.82, 2.24) is 0 Å². The normalized spacial score (nSPS) is 19.7. The van der Waals surface area contributed by atoms with Crippen LogP contribution >= 0.6 is 0 Å². The van der Waals surface area contributed by atoms with Crippen molar-refractivity contribution in [2.45, 2.75) is 26.8 Å². The van der Waals surface area contributed by atoms with Crippen molar-refractivity contribution in [1.29, 1.82) is 0 Å². The topological polar surface area (TPSA) is 12.4 Å². The minimum atomic E-state index is 0.542. The summed E-state index contributed by atoms with van der Waals surface area (Å²) in [6.07, 6.45) is 1.13. The van der Waals surface area contributed by atoms with Crippen LogP contribution in [0.25, 0.3) is 0 Å². The van der Waals surface area contributed by atoms with Crippen LogP contribution in [0.15, 0.2) is 53.5 Å². The second-order valence-electron chi connectivity index (χ2n) is 5.45. The molecule has 0 amide bonds. The summed E-state index contributed by atoms with van der Waals surface area (Å²) in [5.41, 5.74) is 6.71. The summed E-state index contributed by atoms with van der Waals surface area (Å²) in [4.78, 5) is 4.86. The van der Waals surface area contributed by atoms with E-state index in [4.69, 9.17) is 4.99 Å². The molecule has 1 aliphatic carbocycles. The first-order valence-electron chi connectivity index (χ1n) is 6.92. The third-order valence-electron chi connectivity index (χ3n) is 3.80. The highest BCUT2D eigenvalue weighted by Gasteiger charge is 2.24. The number of nitrogens with zero attached hydrogens (tertiary/aromatic N) is 1. The molecule has 0 N–H and O–H groups in total. The van der Waals surface area contributed by atoms with Gasteiger partial charge in [-0.05, 0) is 30.0 Å². The van der Waals surface area contributed by atoms with Gasteiger partial charge >= 0.3 is 0 Å². The Labute approximate surface area is 115 Å². The standard InChI is InChI=1S/C18H19N/c1-13-8-9-17-16(10-13)11-14(2)18(17)19-12-15-6-4-3-5-7-15/h3-10,14H,11-12H2,1-2H3. The van der Waals surface area contributed by atoms with Crippen molar-refractivity contribution >= 4 is 5.71 Å². The van der Waals surface area contributed by atoms with Crippen LogP contribution in [0.3, 0.4) is 0 Å². The van der Waals surface area contributed by atoms with Crippen molar-refractivity contribution in [3.05, 3.63) is 70.8 Å². The highest BCUT2D eigenvalue weighted by atomic mass is 14.7. The number of aryl methyl sites for hydroxylation is 1. The van der Waals surface area contributed by atoms with Crippen LogP contribution in [-0.4, -0.2) is 5.71 Å². The third kappa shape index (κ3) is 2.46. The van der Waals surface area contributed by atoms with Crippen LogP contribution < -0.4 is 0 Å². The first-order valence-corrected chi connectivity index (χ1v) is 6.92. The molecule has 96 valence electrons. The van der Waals surface area contributed by atoms with E-state index in [1.54, 1.807) is 0 Å². The first kappa shape index (κ1) is 12.2. The number of aliphatic imine (C=N–C) groups is 1. The Kier molecular flexibility index (Phi) is 3.20. The first-order chi connectivity index (χ1) is 9.24. The Hall–Kier alpha value is -1.89. The molecule has 2 aromatic carbocycles. The van der Waals surface area contributed by atoms with Gasteiger partial charge in [0.05, 0.1) is 6.54 Å². The molecule has 0 fully saturated rings. The van der Waals surface area contributed by atoms with Crippen LogP contribution in [0, 0.1) is 12.8 Å². The fourth-order valence-electron chi connectivity index (χ4n) is 2.83. The van der Waals surface area contributed by atoms with Gasteiger partial charge in [-0.2, -0.15) is 0 Å². The van der Waals surface area contributed by atoms with Crippen LogP contribution in [0.2, 0.25) is 0 Å². The predicted octanol–water partition coefficient (Wildman–Crippen LogP) is 4.18. The number of hydrogen-bond donors (Lipinski definition) is 0. The van der Waals surface area contributed by atoms with Crippen molar-refractivity contribution in [2.24, 2.45) is 10.9 Å². The Morgan fingerprint density at radius 2 is 1.89 bits per heavy atom. The maximum absolute atomic E-state index is 4.86.